The average Bonchev–Trinajstić information content (AvgIpc) is 3.53. The molecule has 28 heavy (non-hydrogen) atoms. The number of carbonyl (C=O) groups is 1. The zero-order chi connectivity index (χ0) is 19.7. The van der Waals surface area contributed by atoms with Crippen molar-refractivity contribution in [1.82, 2.24) is 19.9 Å². The maximum absolute atomic E-state index is 12.4. The summed E-state index contributed by atoms with van der Waals surface area (Å²) in [5.41, 5.74) is 0.698. The summed E-state index contributed by atoms with van der Waals surface area (Å²) in [4.78, 5) is 43.2. The van der Waals surface area contributed by atoms with E-state index < -0.39 is 11.2 Å². The van der Waals surface area contributed by atoms with Crippen molar-refractivity contribution in [3.8, 4) is 5.75 Å². The number of pyridine rings is 1. The molecule has 0 saturated heterocycles. The van der Waals surface area contributed by atoms with Gasteiger partial charge in [0.2, 0.25) is 0 Å². The van der Waals surface area contributed by atoms with Crippen LogP contribution in [0.2, 0.25) is 0 Å². The zero-order valence-corrected chi connectivity index (χ0v) is 15.4. The molecule has 0 radical (unpaired) electrons. The first-order valence-electron chi connectivity index (χ1n) is 9.12. The Kier molecular flexibility index (Phi) is 4.68. The first kappa shape index (κ1) is 18.0. The van der Waals surface area contributed by atoms with Gasteiger partial charge in [-0.15, -0.1) is 0 Å². The van der Waals surface area contributed by atoms with Crippen molar-refractivity contribution in [2.75, 3.05) is 13.7 Å². The Morgan fingerprint density at radius 2 is 2.04 bits per heavy atom. The quantitative estimate of drug-likeness (QED) is 0.672. The van der Waals surface area contributed by atoms with Gasteiger partial charge in [-0.3, -0.25) is 19.1 Å². The Morgan fingerprint density at radius 1 is 1.29 bits per heavy atom. The molecular formula is C20H20N4O4. The first-order chi connectivity index (χ1) is 13.6. The van der Waals surface area contributed by atoms with Crippen LogP contribution in [0.15, 0.2) is 46.1 Å². The first-order valence-corrected chi connectivity index (χ1v) is 9.12. The molecule has 1 fully saturated rings. The van der Waals surface area contributed by atoms with Crippen LogP contribution in [-0.2, 0) is 6.42 Å². The highest BCUT2D eigenvalue weighted by molar-refractivity contribution is 5.96. The van der Waals surface area contributed by atoms with Crippen LogP contribution in [0, 0.1) is 0 Å². The van der Waals surface area contributed by atoms with E-state index in [0.717, 1.165) is 24.2 Å². The molecule has 2 heterocycles. The Balaban J connectivity index is 1.49. The van der Waals surface area contributed by atoms with Crippen LogP contribution in [0.1, 0.15) is 34.8 Å². The Morgan fingerprint density at radius 3 is 2.71 bits per heavy atom. The standard InChI is InChI=1S/C20H20N4O4/c1-28-15-6-2-12(3-7-15)8-9-21-18(25)13-10-16-17(22-11-13)24(14-4-5-14)20(27)23-19(16)26/h2-3,6-7,10-11,14H,4-5,8-9H2,1H3,(H,21,25)(H,23,26,27). The van der Waals surface area contributed by atoms with Crippen LogP contribution in [0.4, 0.5) is 0 Å². The number of methoxy groups -OCH3 is 1. The number of fused-ring (bicyclic) bond motifs is 1. The van der Waals surface area contributed by atoms with Gasteiger partial charge >= 0.3 is 5.69 Å². The fraction of sp³-hybridized carbons (Fsp3) is 0.300. The lowest BCUT2D eigenvalue weighted by Gasteiger charge is -2.09. The Labute approximate surface area is 160 Å². The van der Waals surface area contributed by atoms with Gasteiger partial charge in [0.25, 0.3) is 11.5 Å². The normalized spacial score (nSPS) is 13.5. The van der Waals surface area contributed by atoms with Crippen LogP contribution >= 0.6 is 0 Å². The molecule has 2 aromatic heterocycles. The third-order valence-electron chi connectivity index (χ3n) is 4.81. The summed E-state index contributed by atoms with van der Waals surface area (Å²) in [6, 6.07) is 9.19. The summed E-state index contributed by atoms with van der Waals surface area (Å²) < 4.78 is 6.62. The van der Waals surface area contributed by atoms with Gasteiger partial charge in [-0.25, -0.2) is 9.78 Å². The van der Waals surface area contributed by atoms with Gasteiger partial charge < -0.3 is 10.1 Å². The molecule has 0 atom stereocenters. The summed E-state index contributed by atoms with van der Waals surface area (Å²) in [6.07, 6.45) is 3.84. The maximum Gasteiger partial charge on any atom is 0.330 e. The van der Waals surface area contributed by atoms with Crippen LogP contribution < -0.4 is 21.3 Å². The summed E-state index contributed by atoms with van der Waals surface area (Å²) in [5, 5.41) is 3.08. The van der Waals surface area contributed by atoms with E-state index in [4.69, 9.17) is 4.74 Å². The molecular weight excluding hydrogens is 360 g/mol. The topological polar surface area (TPSA) is 106 Å². The number of nitrogens with one attached hydrogen (secondary N) is 2. The largest absolute Gasteiger partial charge is 0.497 e. The van der Waals surface area contributed by atoms with Gasteiger partial charge in [-0.1, -0.05) is 12.1 Å². The maximum atomic E-state index is 12.4. The van der Waals surface area contributed by atoms with Gasteiger partial charge in [-0.2, -0.15) is 0 Å². The molecule has 0 bridgehead atoms. The van der Waals surface area contributed by atoms with Crippen molar-refractivity contribution in [2.45, 2.75) is 25.3 Å². The average molecular weight is 380 g/mol. The number of aromatic amines is 1. The van der Waals surface area contributed by atoms with Crippen LogP contribution in [0.3, 0.4) is 0 Å². The third-order valence-corrected chi connectivity index (χ3v) is 4.81. The summed E-state index contributed by atoms with van der Waals surface area (Å²) in [5.74, 6) is 0.469. The molecule has 1 aliphatic rings. The van der Waals surface area contributed by atoms with E-state index in [9.17, 15) is 14.4 Å². The highest BCUT2D eigenvalue weighted by Crippen LogP contribution is 2.34. The van der Waals surface area contributed by atoms with E-state index in [2.05, 4.69) is 15.3 Å². The van der Waals surface area contributed by atoms with Crippen molar-refractivity contribution < 1.29 is 9.53 Å². The van der Waals surface area contributed by atoms with Gasteiger partial charge in [0, 0.05) is 18.8 Å². The molecule has 2 N–H and O–H groups in total. The molecule has 0 aliphatic heterocycles. The van der Waals surface area contributed by atoms with Crippen molar-refractivity contribution in [1.29, 1.82) is 0 Å². The molecule has 3 aromatic rings. The monoisotopic (exact) mass is 380 g/mol. The lowest BCUT2D eigenvalue weighted by atomic mass is 10.1. The molecule has 8 heteroatoms. The van der Waals surface area contributed by atoms with Gasteiger partial charge in [0.15, 0.2) is 0 Å². The van der Waals surface area contributed by atoms with Gasteiger partial charge in [0.05, 0.1) is 18.1 Å². The molecule has 0 spiro atoms. The van der Waals surface area contributed by atoms with Gasteiger partial charge in [-0.05, 0) is 43.0 Å². The summed E-state index contributed by atoms with van der Waals surface area (Å²) in [6.45, 7) is 0.446. The lowest BCUT2D eigenvalue weighted by Crippen LogP contribution is -2.31. The lowest BCUT2D eigenvalue weighted by molar-refractivity contribution is 0.0954. The number of hydrogen-bond acceptors (Lipinski definition) is 5. The second-order valence-corrected chi connectivity index (χ2v) is 6.81. The molecule has 1 aromatic carbocycles. The minimum atomic E-state index is -0.530. The number of nitrogens with zero attached hydrogens (tertiary/aromatic N) is 2. The van der Waals surface area contributed by atoms with Crippen LogP contribution in [0.5, 0.6) is 5.75 Å². The van der Waals surface area contributed by atoms with Crippen LogP contribution in [-0.4, -0.2) is 34.1 Å². The predicted octanol–water partition coefficient (Wildman–Crippen LogP) is 1.40. The summed E-state index contributed by atoms with van der Waals surface area (Å²) in [7, 11) is 1.61. The number of H-pyrrole nitrogens is 1. The van der Waals surface area contributed by atoms with E-state index in [1.165, 1.54) is 16.8 Å². The minimum Gasteiger partial charge on any atom is -0.497 e. The van der Waals surface area contributed by atoms with E-state index in [-0.39, 0.29) is 22.9 Å². The number of benzene rings is 1. The predicted molar refractivity (Wildman–Crippen MR) is 104 cm³/mol. The Bertz CT molecular complexity index is 1140. The van der Waals surface area contributed by atoms with E-state index >= 15 is 0 Å². The fourth-order valence-corrected chi connectivity index (χ4v) is 3.15. The van der Waals surface area contributed by atoms with Crippen molar-refractivity contribution >= 4 is 16.9 Å². The molecule has 144 valence electrons. The van der Waals surface area contributed by atoms with E-state index in [1.807, 2.05) is 24.3 Å². The van der Waals surface area contributed by atoms with Crippen molar-refractivity contribution in [3.63, 3.8) is 0 Å². The second-order valence-electron chi connectivity index (χ2n) is 6.81. The minimum absolute atomic E-state index is 0.0727. The highest BCUT2D eigenvalue weighted by atomic mass is 16.5. The van der Waals surface area contributed by atoms with E-state index in [1.54, 1.807) is 7.11 Å². The number of aromatic nitrogens is 3. The SMILES string of the molecule is COc1ccc(CCNC(=O)c2cnc3c(c2)c(=O)[nH]c(=O)n3C2CC2)cc1. The fourth-order valence-electron chi connectivity index (χ4n) is 3.15. The second kappa shape index (κ2) is 7.30. The van der Waals surface area contributed by atoms with Gasteiger partial charge in [0.1, 0.15) is 11.4 Å². The van der Waals surface area contributed by atoms with Crippen molar-refractivity contribution in [2.24, 2.45) is 0 Å². The van der Waals surface area contributed by atoms with E-state index in [0.29, 0.717) is 18.6 Å². The molecule has 1 amide bonds. The number of amides is 1. The molecule has 4 rings (SSSR count). The molecule has 0 unspecified atom stereocenters. The Hall–Kier alpha value is -3.42. The third kappa shape index (κ3) is 3.53. The number of carbonyl (C=O) groups excluding carboxylic acids is 1. The van der Waals surface area contributed by atoms with Crippen LogP contribution in [0.25, 0.3) is 11.0 Å². The molecule has 1 aliphatic carbocycles. The number of hydrogen-bond donors (Lipinski definition) is 2. The molecule has 1 saturated carbocycles. The molecule has 8 nitrogen and oxygen atoms in total. The number of ether oxygens (including phenoxy) is 1. The summed E-state index contributed by atoms with van der Waals surface area (Å²) >= 11 is 0. The number of rotatable bonds is 6. The highest BCUT2D eigenvalue weighted by Gasteiger charge is 2.27. The zero-order valence-electron chi connectivity index (χ0n) is 15.4. The van der Waals surface area contributed by atoms with Crippen molar-refractivity contribution in [3.05, 3.63) is 68.5 Å². The smallest absolute Gasteiger partial charge is 0.330 e.